The maximum Gasteiger partial charge on any atom is 0.325 e. The Balaban J connectivity index is 3.06. The molecule has 1 rings (SSSR count). The fourth-order valence-electron chi connectivity index (χ4n) is 0.944. The molecule has 2 N–H and O–H groups in total. The van der Waals surface area contributed by atoms with Crippen LogP contribution in [0, 0.1) is 6.92 Å². The Kier molecular flexibility index (Phi) is 3.02. The quantitative estimate of drug-likeness (QED) is 0.689. The minimum absolute atomic E-state index is 0.265. The molecule has 13 heavy (non-hydrogen) atoms. The number of ether oxygens (including phenoxy) is 1. The first kappa shape index (κ1) is 9.73. The van der Waals surface area contributed by atoms with E-state index in [0.717, 1.165) is 0 Å². The zero-order valence-corrected chi connectivity index (χ0v) is 7.64. The van der Waals surface area contributed by atoms with E-state index in [-0.39, 0.29) is 12.2 Å². The molecular formula is C8H12N2O3. The van der Waals surface area contributed by atoms with Gasteiger partial charge in [-0.2, -0.15) is 0 Å². The van der Waals surface area contributed by atoms with Gasteiger partial charge in [-0.05, 0) is 13.8 Å². The van der Waals surface area contributed by atoms with Crippen molar-refractivity contribution in [1.29, 1.82) is 0 Å². The number of hydrogen-bond donors (Lipinski definition) is 2. The van der Waals surface area contributed by atoms with Crippen LogP contribution in [0.2, 0.25) is 0 Å². The van der Waals surface area contributed by atoms with Gasteiger partial charge in [0.15, 0.2) is 0 Å². The summed E-state index contributed by atoms with van der Waals surface area (Å²) in [6.07, 6.45) is 0. The van der Waals surface area contributed by atoms with Crippen molar-refractivity contribution >= 4 is 0 Å². The van der Waals surface area contributed by atoms with Crippen molar-refractivity contribution in [1.82, 2.24) is 9.97 Å². The SMILES string of the molecule is CCOCc1[nH]c(=O)[nH]c(=O)c1C. The molecule has 0 spiro atoms. The molecule has 0 aliphatic rings. The molecule has 0 atom stereocenters. The van der Waals surface area contributed by atoms with Crippen LogP contribution in [0.3, 0.4) is 0 Å². The number of rotatable bonds is 3. The molecule has 0 aliphatic carbocycles. The third-order valence-electron chi connectivity index (χ3n) is 1.74. The fourth-order valence-corrected chi connectivity index (χ4v) is 0.944. The fraction of sp³-hybridized carbons (Fsp3) is 0.500. The summed E-state index contributed by atoms with van der Waals surface area (Å²) in [5.41, 5.74) is 0.174. The molecule has 5 nitrogen and oxygen atoms in total. The average molecular weight is 184 g/mol. The second-order valence-electron chi connectivity index (χ2n) is 2.65. The van der Waals surface area contributed by atoms with E-state index in [9.17, 15) is 9.59 Å². The van der Waals surface area contributed by atoms with Crippen LogP contribution in [0.5, 0.6) is 0 Å². The van der Waals surface area contributed by atoms with Gasteiger partial charge in [0, 0.05) is 12.2 Å². The van der Waals surface area contributed by atoms with Crippen LogP contribution in [0.1, 0.15) is 18.2 Å². The summed E-state index contributed by atoms with van der Waals surface area (Å²) in [4.78, 5) is 26.6. The summed E-state index contributed by atoms with van der Waals surface area (Å²) in [6, 6.07) is 0. The molecule has 1 aromatic rings. The zero-order valence-electron chi connectivity index (χ0n) is 7.64. The lowest BCUT2D eigenvalue weighted by molar-refractivity contribution is 0.130. The lowest BCUT2D eigenvalue weighted by atomic mass is 10.2. The van der Waals surface area contributed by atoms with Crippen molar-refractivity contribution in [2.24, 2.45) is 0 Å². The molecule has 0 aromatic carbocycles. The van der Waals surface area contributed by atoms with E-state index >= 15 is 0 Å². The van der Waals surface area contributed by atoms with Crippen LogP contribution in [0.15, 0.2) is 9.59 Å². The number of hydrogen-bond acceptors (Lipinski definition) is 3. The highest BCUT2D eigenvalue weighted by Gasteiger charge is 2.03. The summed E-state index contributed by atoms with van der Waals surface area (Å²) in [5, 5.41) is 0. The molecule has 0 aliphatic heterocycles. The van der Waals surface area contributed by atoms with Crippen LogP contribution < -0.4 is 11.2 Å². The van der Waals surface area contributed by atoms with E-state index in [1.807, 2.05) is 6.92 Å². The molecule has 0 radical (unpaired) electrons. The molecule has 0 fully saturated rings. The number of H-pyrrole nitrogens is 2. The Bertz CT molecular complexity index is 391. The van der Waals surface area contributed by atoms with Crippen LogP contribution in [-0.2, 0) is 11.3 Å². The van der Waals surface area contributed by atoms with Gasteiger partial charge >= 0.3 is 5.69 Å². The van der Waals surface area contributed by atoms with Crippen LogP contribution >= 0.6 is 0 Å². The molecular weight excluding hydrogens is 172 g/mol. The zero-order chi connectivity index (χ0) is 9.84. The summed E-state index contributed by atoms with van der Waals surface area (Å²) >= 11 is 0. The monoisotopic (exact) mass is 184 g/mol. The Morgan fingerprint density at radius 2 is 2.00 bits per heavy atom. The van der Waals surface area contributed by atoms with Gasteiger partial charge in [-0.25, -0.2) is 4.79 Å². The summed E-state index contributed by atoms with van der Waals surface area (Å²) < 4.78 is 5.09. The molecule has 5 heteroatoms. The predicted octanol–water partition coefficient (Wildman–Crippen LogP) is -0.0919. The molecule has 0 amide bonds. The van der Waals surface area contributed by atoms with Gasteiger partial charge in [0.2, 0.25) is 0 Å². The lowest BCUT2D eigenvalue weighted by Crippen LogP contribution is -2.26. The Hall–Kier alpha value is -1.36. The van der Waals surface area contributed by atoms with Crippen molar-refractivity contribution in [3.63, 3.8) is 0 Å². The molecule has 1 heterocycles. The third kappa shape index (κ3) is 2.29. The van der Waals surface area contributed by atoms with E-state index in [4.69, 9.17) is 4.74 Å². The molecule has 1 aromatic heterocycles. The van der Waals surface area contributed by atoms with Crippen molar-refractivity contribution < 1.29 is 4.74 Å². The van der Waals surface area contributed by atoms with Crippen molar-refractivity contribution in [2.75, 3.05) is 6.61 Å². The highest BCUT2D eigenvalue weighted by molar-refractivity contribution is 5.12. The van der Waals surface area contributed by atoms with Crippen molar-refractivity contribution in [3.8, 4) is 0 Å². The minimum atomic E-state index is -0.495. The normalized spacial score (nSPS) is 10.3. The number of nitrogens with one attached hydrogen (secondary N) is 2. The molecule has 0 saturated carbocycles. The van der Waals surface area contributed by atoms with E-state index in [1.54, 1.807) is 6.92 Å². The maximum absolute atomic E-state index is 11.1. The Morgan fingerprint density at radius 1 is 1.31 bits per heavy atom. The van der Waals surface area contributed by atoms with Crippen LogP contribution in [-0.4, -0.2) is 16.6 Å². The van der Waals surface area contributed by atoms with Gasteiger partial charge in [0.1, 0.15) is 0 Å². The Labute approximate surface area is 74.8 Å². The lowest BCUT2D eigenvalue weighted by Gasteiger charge is -2.03. The van der Waals surface area contributed by atoms with Crippen LogP contribution in [0.25, 0.3) is 0 Å². The standard InChI is InChI=1S/C8H12N2O3/c1-3-13-4-6-5(2)7(11)10-8(12)9-6/h3-4H2,1-2H3,(H2,9,10,11,12). The summed E-state index contributed by atoms with van der Waals surface area (Å²) in [6.45, 7) is 4.31. The molecule has 0 bridgehead atoms. The Morgan fingerprint density at radius 3 is 2.62 bits per heavy atom. The second kappa shape index (κ2) is 4.04. The third-order valence-corrected chi connectivity index (χ3v) is 1.74. The van der Waals surface area contributed by atoms with Gasteiger partial charge in [-0.15, -0.1) is 0 Å². The molecule has 72 valence electrons. The first-order valence-electron chi connectivity index (χ1n) is 4.05. The summed E-state index contributed by atoms with van der Waals surface area (Å²) in [7, 11) is 0. The highest BCUT2D eigenvalue weighted by Crippen LogP contribution is 1.96. The predicted molar refractivity (Wildman–Crippen MR) is 47.8 cm³/mol. The molecule has 0 saturated heterocycles. The van der Waals surface area contributed by atoms with Gasteiger partial charge in [0.05, 0.1) is 12.3 Å². The number of aromatic nitrogens is 2. The minimum Gasteiger partial charge on any atom is -0.376 e. The van der Waals surface area contributed by atoms with Gasteiger partial charge < -0.3 is 9.72 Å². The van der Waals surface area contributed by atoms with Crippen LogP contribution in [0.4, 0.5) is 0 Å². The van der Waals surface area contributed by atoms with Crippen molar-refractivity contribution in [3.05, 3.63) is 32.1 Å². The number of aromatic amines is 2. The highest BCUT2D eigenvalue weighted by atomic mass is 16.5. The average Bonchev–Trinajstić information content (AvgIpc) is 2.09. The second-order valence-corrected chi connectivity index (χ2v) is 2.65. The first-order chi connectivity index (χ1) is 6.15. The maximum atomic E-state index is 11.1. The van der Waals surface area contributed by atoms with E-state index in [1.165, 1.54) is 0 Å². The van der Waals surface area contributed by atoms with E-state index in [0.29, 0.717) is 17.9 Å². The smallest absolute Gasteiger partial charge is 0.325 e. The first-order valence-corrected chi connectivity index (χ1v) is 4.05. The largest absolute Gasteiger partial charge is 0.376 e. The topological polar surface area (TPSA) is 75.0 Å². The van der Waals surface area contributed by atoms with E-state index in [2.05, 4.69) is 9.97 Å². The molecule has 0 unspecified atom stereocenters. The van der Waals surface area contributed by atoms with E-state index < -0.39 is 5.69 Å². The van der Waals surface area contributed by atoms with Gasteiger partial charge in [-0.3, -0.25) is 9.78 Å². The van der Waals surface area contributed by atoms with Gasteiger partial charge in [-0.1, -0.05) is 0 Å². The summed E-state index contributed by atoms with van der Waals surface area (Å²) in [5.74, 6) is 0. The van der Waals surface area contributed by atoms with Gasteiger partial charge in [0.25, 0.3) is 5.56 Å². The van der Waals surface area contributed by atoms with Crippen molar-refractivity contribution in [2.45, 2.75) is 20.5 Å².